The van der Waals surface area contributed by atoms with Gasteiger partial charge in [0, 0.05) is 38.5 Å². The molecule has 0 radical (unpaired) electrons. The second-order valence-electron chi connectivity index (χ2n) is 12.4. The lowest BCUT2D eigenvalue weighted by Gasteiger charge is -2.27. The van der Waals surface area contributed by atoms with Crippen molar-refractivity contribution < 1.29 is 8.83 Å². The molecule has 8 aromatic carbocycles. The number of hydrogen-bond acceptors (Lipinski definition) is 4. The Balaban J connectivity index is 1.16. The van der Waals surface area contributed by atoms with Crippen molar-refractivity contribution in [3.63, 3.8) is 0 Å². The predicted octanol–water partition coefficient (Wildman–Crippen LogP) is 12.8. The van der Waals surface area contributed by atoms with Crippen LogP contribution in [0.4, 0.5) is 17.1 Å². The third kappa shape index (κ3) is 4.49. The van der Waals surface area contributed by atoms with Crippen molar-refractivity contribution in [2.45, 2.75) is 0 Å². The predicted molar refractivity (Wildman–Crippen MR) is 202 cm³/mol. The zero-order chi connectivity index (χ0) is 32.3. The van der Waals surface area contributed by atoms with E-state index >= 15 is 0 Å². The summed E-state index contributed by atoms with van der Waals surface area (Å²) in [6.07, 6.45) is 0. The van der Waals surface area contributed by atoms with E-state index < -0.39 is 0 Å². The molecule has 0 saturated carbocycles. The van der Waals surface area contributed by atoms with E-state index in [1.807, 2.05) is 48.5 Å². The number of furan rings is 1. The monoisotopic (exact) mass is 628 g/mol. The smallest absolute Gasteiger partial charge is 0.227 e. The first kappa shape index (κ1) is 27.5. The number of para-hydroxylation sites is 2. The number of fused-ring (bicyclic) bond motifs is 8. The molecule has 0 amide bonds. The Morgan fingerprint density at radius 1 is 0.429 bits per heavy atom. The summed E-state index contributed by atoms with van der Waals surface area (Å²) in [5, 5.41) is 6.67. The van der Waals surface area contributed by atoms with E-state index in [1.165, 1.54) is 0 Å². The molecule has 4 nitrogen and oxygen atoms in total. The molecule has 0 saturated heterocycles. The van der Waals surface area contributed by atoms with Crippen molar-refractivity contribution in [3.8, 4) is 22.6 Å². The van der Waals surface area contributed by atoms with Crippen molar-refractivity contribution in [1.82, 2.24) is 4.98 Å². The zero-order valence-electron chi connectivity index (χ0n) is 26.4. The Bertz CT molecular complexity index is 2830. The van der Waals surface area contributed by atoms with Gasteiger partial charge in [-0.25, -0.2) is 4.98 Å². The highest BCUT2D eigenvalue weighted by Crippen LogP contribution is 2.43. The maximum Gasteiger partial charge on any atom is 0.227 e. The normalized spacial score (nSPS) is 11.7. The highest BCUT2D eigenvalue weighted by molar-refractivity contribution is 6.20. The van der Waals surface area contributed by atoms with Crippen LogP contribution in [0.2, 0.25) is 0 Å². The molecule has 0 aliphatic heterocycles. The SMILES string of the molecule is c1ccc(-c2nc3ccc4ccc5c(N(c6ccccc6)c6cccc(-c7ccc8c(c7)oc7ccccc78)c6)cccc5c4c3o2)cc1. The second kappa shape index (κ2) is 11.0. The van der Waals surface area contributed by atoms with Gasteiger partial charge in [-0.2, -0.15) is 0 Å². The van der Waals surface area contributed by atoms with Gasteiger partial charge in [0.25, 0.3) is 0 Å². The molecule has 49 heavy (non-hydrogen) atoms. The average Bonchev–Trinajstić information content (AvgIpc) is 3.77. The van der Waals surface area contributed by atoms with Gasteiger partial charge < -0.3 is 13.7 Å². The summed E-state index contributed by atoms with van der Waals surface area (Å²) in [7, 11) is 0. The van der Waals surface area contributed by atoms with E-state index in [-0.39, 0.29) is 0 Å². The lowest BCUT2D eigenvalue weighted by Crippen LogP contribution is -2.10. The minimum atomic E-state index is 0.625. The molecular formula is C45H28N2O2. The van der Waals surface area contributed by atoms with Crippen LogP contribution in [0.1, 0.15) is 0 Å². The number of hydrogen-bond donors (Lipinski definition) is 0. The lowest BCUT2D eigenvalue weighted by molar-refractivity contribution is 0.623. The van der Waals surface area contributed by atoms with Crippen LogP contribution in [0.25, 0.3) is 77.2 Å². The maximum absolute atomic E-state index is 6.53. The van der Waals surface area contributed by atoms with E-state index in [0.717, 1.165) is 88.3 Å². The van der Waals surface area contributed by atoms with Crippen LogP contribution in [0.15, 0.2) is 179 Å². The molecule has 4 heteroatoms. The van der Waals surface area contributed by atoms with Gasteiger partial charge in [-0.1, -0.05) is 103 Å². The lowest BCUT2D eigenvalue weighted by atomic mass is 9.98. The molecule has 10 rings (SSSR count). The van der Waals surface area contributed by atoms with Gasteiger partial charge in [0.05, 0.1) is 5.69 Å². The van der Waals surface area contributed by atoms with Crippen LogP contribution in [-0.4, -0.2) is 4.98 Å². The Morgan fingerprint density at radius 3 is 2.00 bits per heavy atom. The molecule has 0 spiro atoms. The topological polar surface area (TPSA) is 42.4 Å². The number of rotatable bonds is 5. The van der Waals surface area contributed by atoms with E-state index in [9.17, 15) is 0 Å². The summed E-state index contributed by atoms with van der Waals surface area (Å²) in [6, 6.07) is 59.2. The second-order valence-corrected chi connectivity index (χ2v) is 12.4. The van der Waals surface area contributed by atoms with E-state index in [4.69, 9.17) is 13.8 Å². The van der Waals surface area contributed by atoms with Crippen molar-refractivity contribution in [2.24, 2.45) is 0 Å². The molecule has 0 fully saturated rings. The van der Waals surface area contributed by atoms with E-state index in [2.05, 4.69) is 126 Å². The fourth-order valence-corrected chi connectivity index (χ4v) is 7.18. The molecule has 0 N–H and O–H groups in total. The molecular weight excluding hydrogens is 601 g/mol. The van der Waals surface area contributed by atoms with Gasteiger partial charge in [0.2, 0.25) is 5.89 Å². The van der Waals surface area contributed by atoms with Crippen LogP contribution >= 0.6 is 0 Å². The molecule has 10 aromatic rings. The third-order valence-corrected chi connectivity index (χ3v) is 9.46. The molecule has 0 unspecified atom stereocenters. The third-order valence-electron chi connectivity index (χ3n) is 9.46. The quantitative estimate of drug-likeness (QED) is 0.178. The summed E-state index contributed by atoms with van der Waals surface area (Å²) < 4.78 is 12.8. The molecule has 230 valence electrons. The summed E-state index contributed by atoms with van der Waals surface area (Å²) >= 11 is 0. The molecule has 2 aromatic heterocycles. The van der Waals surface area contributed by atoms with E-state index in [1.54, 1.807) is 0 Å². The maximum atomic E-state index is 6.53. The Kier molecular flexibility index (Phi) is 6.15. The minimum absolute atomic E-state index is 0.625. The van der Waals surface area contributed by atoms with Crippen LogP contribution < -0.4 is 4.90 Å². The van der Waals surface area contributed by atoms with Gasteiger partial charge in [-0.3, -0.25) is 0 Å². The Hall–Kier alpha value is -6.65. The highest BCUT2D eigenvalue weighted by atomic mass is 16.3. The summed E-state index contributed by atoms with van der Waals surface area (Å²) in [6.45, 7) is 0. The van der Waals surface area contributed by atoms with Crippen molar-refractivity contribution >= 4 is 71.6 Å². The standard InChI is InChI=1S/C45H28N2O2/c1-3-11-30(12-4-1)45-46-39-26-23-29-21-24-35-38(43(29)44(39)49-45)18-10-19-40(35)47(33-14-5-2-6-15-33)34-16-9-13-31(27-34)32-22-25-37-36-17-7-8-20-41(36)48-42(37)28-32/h1-28H. The summed E-state index contributed by atoms with van der Waals surface area (Å²) in [5.74, 6) is 0.625. The van der Waals surface area contributed by atoms with E-state index in [0.29, 0.717) is 5.89 Å². The minimum Gasteiger partial charge on any atom is -0.456 e. The largest absolute Gasteiger partial charge is 0.456 e. The number of aromatic nitrogens is 1. The Morgan fingerprint density at radius 2 is 1.10 bits per heavy atom. The first-order valence-corrected chi connectivity index (χ1v) is 16.5. The zero-order valence-corrected chi connectivity index (χ0v) is 26.4. The van der Waals surface area contributed by atoms with Crippen molar-refractivity contribution in [1.29, 1.82) is 0 Å². The van der Waals surface area contributed by atoms with Gasteiger partial charge >= 0.3 is 0 Å². The van der Waals surface area contributed by atoms with Crippen LogP contribution in [0, 0.1) is 0 Å². The van der Waals surface area contributed by atoms with Gasteiger partial charge in [-0.15, -0.1) is 0 Å². The average molecular weight is 629 g/mol. The fourth-order valence-electron chi connectivity index (χ4n) is 7.18. The van der Waals surface area contributed by atoms with Gasteiger partial charge in [0.1, 0.15) is 16.7 Å². The van der Waals surface area contributed by atoms with Crippen LogP contribution in [0.5, 0.6) is 0 Å². The van der Waals surface area contributed by atoms with Crippen molar-refractivity contribution in [3.05, 3.63) is 170 Å². The van der Waals surface area contributed by atoms with Gasteiger partial charge in [-0.05, 0) is 88.6 Å². The molecule has 0 aliphatic rings. The summed E-state index contributed by atoms with van der Waals surface area (Å²) in [5.41, 5.74) is 9.83. The summed E-state index contributed by atoms with van der Waals surface area (Å²) in [4.78, 5) is 7.22. The van der Waals surface area contributed by atoms with Crippen LogP contribution in [0.3, 0.4) is 0 Å². The number of benzene rings is 8. The first-order valence-electron chi connectivity index (χ1n) is 16.5. The van der Waals surface area contributed by atoms with Gasteiger partial charge in [0.15, 0.2) is 5.58 Å². The first-order chi connectivity index (χ1) is 24.3. The number of anilines is 3. The molecule has 2 heterocycles. The fraction of sp³-hybridized carbons (Fsp3) is 0. The molecule has 0 aliphatic carbocycles. The van der Waals surface area contributed by atoms with Crippen molar-refractivity contribution in [2.75, 3.05) is 4.90 Å². The Labute approximate surface area is 282 Å². The molecule has 0 bridgehead atoms. The number of oxazole rings is 1. The highest BCUT2D eigenvalue weighted by Gasteiger charge is 2.19. The number of nitrogens with zero attached hydrogens (tertiary/aromatic N) is 2. The van der Waals surface area contributed by atoms with Crippen LogP contribution in [-0.2, 0) is 0 Å². The molecule has 0 atom stereocenters.